The van der Waals surface area contributed by atoms with Crippen LogP contribution >= 0.6 is 0 Å². The number of aryl methyl sites for hydroxylation is 1. The number of rotatable bonds is 5. The number of carbonyl (C=O) groups excluding carboxylic acids is 1. The van der Waals surface area contributed by atoms with Gasteiger partial charge in [0, 0.05) is 6.42 Å². The van der Waals surface area contributed by atoms with E-state index in [-0.39, 0.29) is 5.78 Å². The van der Waals surface area contributed by atoms with Crippen LogP contribution in [0.4, 0.5) is 0 Å². The molecule has 0 aliphatic rings. The lowest BCUT2D eigenvalue weighted by Gasteiger charge is -2.16. The van der Waals surface area contributed by atoms with E-state index < -0.39 is 0 Å². The van der Waals surface area contributed by atoms with Gasteiger partial charge in [-0.3, -0.25) is 0 Å². The van der Waals surface area contributed by atoms with Crippen LogP contribution in [0.2, 0.25) is 0 Å². The monoisotopic (exact) mass is 236 g/mol. The summed E-state index contributed by atoms with van der Waals surface area (Å²) >= 11 is 0. The van der Waals surface area contributed by atoms with Crippen LogP contribution in [0.15, 0.2) is 6.07 Å². The predicted molar refractivity (Wildman–Crippen MR) is 68.0 cm³/mol. The van der Waals surface area contributed by atoms with Gasteiger partial charge in [0.2, 0.25) is 0 Å². The van der Waals surface area contributed by atoms with Crippen molar-refractivity contribution in [1.29, 1.82) is 0 Å². The van der Waals surface area contributed by atoms with Crippen molar-refractivity contribution in [3.05, 3.63) is 22.8 Å². The summed E-state index contributed by atoms with van der Waals surface area (Å²) in [4.78, 5) is 11.1. The van der Waals surface area contributed by atoms with E-state index in [9.17, 15) is 4.79 Å². The maximum Gasteiger partial charge on any atom is 0.130 e. The standard InChI is InChI=1S/C14H20O3/c1-9(15)6-7-12-8-13(16-4)10(2)11(3)14(12)17-5/h8H,6-7H2,1-5H3. The Hall–Kier alpha value is -1.51. The van der Waals surface area contributed by atoms with Crippen LogP contribution in [-0.4, -0.2) is 20.0 Å². The minimum atomic E-state index is 0.184. The maximum atomic E-state index is 11.1. The third-order valence-electron chi connectivity index (χ3n) is 3.04. The Balaban J connectivity index is 3.17. The first-order chi connectivity index (χ1) is 8.01. The van der Waals surface area contributed by atoms with Crippen molar-refractivity contribution >= 4 is 5.78 Å². The zero-order valence-corrected chi connectivity index (χ0v) is 11.2. The average molecular weight is 236 g/mol. The van der Waals surface area contributed by atoms with E-state index >= 15 is 0 Å². The summed E-state index contributed by atoms with van der Waals surface area (Å²) in [5.74, 6) is 1.90. The van der Waals surface area contributed by atoms with E-state index in [2.05, 4.69) is 0 Å². The summed E-state index contributed by atoms with van der Waals surface area (Å²) in [6.07, 6.45) is 1.22. The third kappa shape index (κ3) is 2.99. The predicted octanol–water partition coefficient (Wildman–Crippen LogP) is 2.84. The van der Waals surface area contributed by atoms with Gasteiger partial charge in [0.15, 0.2) is 0 Å². The lowest BCUT2D eigenvalue weighted by Crippen LogP contribution is -2.02. The second kappa shape index (κ2) is 5.71. The fourth-order valence-corrected chi connectivity index (χ4v) is 1.92. The summed E-state index contributed by atoms with van der Waals surface area (Å²) in [6.45, 7) is 5.62. The number of methoxy groups -OCH3 is 2. The molecule has 1 aromatic carbocycles. The Morgan fingerprint density at radius 1 is 1.18 bits per heavy atom. The van der Waals surface area contributed by atoms with Gasteiger partial charge >= 0.3 is 0 Å². The minimum absolute atomic E-state index is 0.184. The highest BCUT2D eigenvalue weighted by Gasteiger charge is 2.13. The molecule has 3 heteroatoms. The highest BCUT2D eigenvalue weighted by atomic mass is 16.5. The number of ether oxygens (including phenoxy) is 2. The first-order valence-corrected chi connectivity index (χ1v) is 5.71. The second-order valence-electron chi connectivity index (χ2n) is 4.22. The van der Waals surface area contributed by atoms with Crippen molar-refractivity contribution in [2.24, 2.45) is 0 Å². The molecule has 0 unspecified atom stereocenters. The molecule has 0 spiro atoms. The van der Waals surface area contributed by atoms with Gasteiger partial charge in [-0.15, -0.1) is 0 Å². The summed E-state index contributed by atoms with van der Waals surface area (Å²) in [5, 5.41) is 0. The van der Waals surface area contributed by atoms with Crippen molar-refractivity contribution in [1.82, 2.24) is 0 Å². The molecule has 0 saturated carbocycles. The lowest BCUT2D eigenvalue weighted by atomic mass is 9.99. The molecular weight excluding hydrogens is 216 g/mol. The minimum Gasteiger partial charge on any atom is -0.496 e. The molecule has 0 fully saturated rings. The van der Waals surface area contributed by atoms with Crippen molar-refractivity contribution in [3.8, 4) is 11.5 Å². The van der Waals surface area contributed by atoms with E-state index in [4.69, 9.17) is 9.47 Å². The number of benzene rings is 1. The molecule has 17 heavy (non-hydrogen) atoms. The largest absolute Gasteiger partial charge is 0.496 e. The lowest BCUT2D eigenvalue weighted by molar-refractivity contribution is -0.116. The smallest absolute Gasteiger partial charge is 0.130 e. The molecule has 0 aromatic heterocycles. The van der Waals surface area contributed by atoms with Gasteiger partial charge in [0.25, 0.3) is 0 Å². The van der Waals surface area contributed by atoms with E-state index in [1.165, 1.54) is 0 Å². The molecule has 3 nitrogen and oxygen atoms in total. The summed E-state index contributed by atoms with van der Waals surface area (Å²) in [7, 11) is 3.31. The van der Waals surface area contributed by atoms with Gasteiger partial charge in [-0.05, 0) is 49.9 Å². The normalized spacial score (nSPS) is 10.2. The van der Waals surface area contributed by atoms with Crippen molar-refractivity contribution < 1.29 is 14.3 Å². The summed E-state index contributed by atoms with van der Waals surface area (Å²) in [6, 6.07) is 1.96. The Bertz CT molecular complexity index is 422. The van der Waals surface area contributed by atoms with Crippen LogP contribution in [0.25, 0.3) is 0 Å². The maximum absolute atomic E-state index is 11.1. The molecule has 1 aromatic rings. The number of Topliss-reactive ketones (excluding diaryl/α,β-unsaturated/α-hetero) is 1. The fourth-order valence-electron chi connectivity index (χ4n) is 1.92. The molecule has 0 atom stereocenters. The van der Waals surface area contributed by atoms with Crippen molar-refractivity contribution in [3.63, 3.8) is 0 Å². The number of carbonyl (C=O) groups is 1. The first kappa shape index (κ1) is 13.6. The quantitative estimate of drug-likeness (QED) is 0.788. The Morgan fingerprint density at radius 3 is 2.29 bits per heavy atom. The zero-order valence-electron chi connectivity index (χ0n) is 11.2. The van der Waals surface area contributed by atoms with E-state index in [1.807, 2.05) is 19.9 Å². The molecule has 0 amide bonds. The fraction of sp³-hybridized carbons (Fsp3) is 0.500. The van der Waals surface area contributed by atoms with E-state index in [0.717, 1.165) is 28.2 Å². The van der Waals surface area contributed by atoms with E-state index in [0.29, 0.717) is 12.8 Å². The van der Waals surface area contributed by atoms with Gasteiger partial charge < -0.3 is 14.3 Å². The van der Waals surface area contributed by atoms with Crippen molar-refractivity contribution in [2.75, 3.05) is 14.2 Å². The number of hydrogen-bond acceptors (Lipinski definition) is 3. The number of ketones is 1. The van der Waals surface area contributed by atoms with Crippen LogP contribution in [0.5, 0.6) is 11.5 Å². The van der Waals surface area contributed by atoms with Crippen molar-refractivity contribution in [2.45, 2.75) is 33.6 Å². The van der Waals surface area contributed by atoms with Crippen LogP contribution in [-0.2, 0) is 11.2 Å². The molecule has 0 aliphatic heterocycles. The molecule has 94 valence electrons. The van der Waals surface area contributed by atoms with Crippen LogP contribution in [0.3, 0.4) is 0 Å². The average Bonchev–Trinajstić information content (AvgIpc) is 2.30. The van der Waals surface area contributed by atoms with Crippen LogP contribution < -0.4 is 9.47 Å². The summed E-state index contributed by atoms with van der Waals surface area (Å²) < 4.78 is 10.8. The SMILES string of the molecule is COc1cc(CCC(C)=O)c(OC)c(C)c1C. The van der Waals surface area contributed by atoms with Crippen LogP contribution in [0.1, 0.15) is 30.0 Å². The molecule has 0 saturated heterocycles. The molecule has 0 N–H and O–H groups in total. The Labute approximate surface area is 103 Å². The van der Waals surface area contributed by atoms with Gasteiger partial charge in [-0.2, -0.15) is 0 Å². The van der Waals surface area contributed by atoms with Gasteiger partial charge in [-0.1, -0.05) is 0 Å². The molecule has 0 heterocycles. The van der Waals surface area contributed by atoms with Crippen LogP contribution in [0, 0.1) is 13.8 Å². The Kier molecular flexibility index (Phi) is 4.55. The van der Waals surface area contributed by atoms with Gasteiger partial charge in [-0.25, -0.2) is 0 Å². The number of hydrogen-bond donors (Lipinski definition) is 0. The summed E-state index contributed by atoms with van der Waals surface area (Å²) in [5.41, 5.74) is 3.18. The molecular formula is C14H20O3. The zero-order chi connectivity index (χ0) is 13.0. The topological polar surface area (TPSA) is 35.5 Å². The third-order valence-corrected chi connectivity index (χ3v) is 3.04. The molecule has 1 rings (SSSR count). The van der Waals surface area contributed by atoms with E-state index in [1.54, 1.807) is 21.1 Å². The van der Waals surface area contributed by atoms with Gasteiger partial charge in [0.1, 0.15) is 17.3 Å². The highest BCUT2D eigenvalue weighted by molar-refractivity contribution is 5.76. The molecule has 0 aliphatic carbocycles. The van der Waals surface area contributed by atoms with Gasteiger partial charge in [0.05, 0.1) is 14.2 Å². The highest BCUT2D eigenvalue weighted by Crippen LogP contribution is 2.33. The second-order valence-corrected chi connectivity index (χ2v) is 4.22. The Morgan fingerprint density at radius 2 is 1.82 bits per heavy atom. The first-order valence-electron chi connectivity index (χ1n) is 5.71. The molecule has 0 bridgehead atoms. The molecule has 0 radical (unpaired) electrons.